The standard InChI is InChI=1S/C14H22N6/c1-10-8-12(13(15)16)18-14(17-10)20-6-4-19(5-7-20)9-11-2-3-11/h8,11H,2-7,9H2,1H3,(H3,15,16). The highest BCUT2D eigenvalue weighted by atomic mass is 15.3. The molecule has 2 aliphatic rings. The van der Waals surface area contributed by atoms with Crippen molar-refractivity contribution in [3.8, 4) is 0 Å². The Kier molecular flexibility index (Phi) is 3.56. The highest BCUT2D eigenvalue weighted by molar-refractivity contribution is 5.93. The van der Waals surface area contributed by atoms with Crippen LogP contribution in [0.4, 0.5) is 5.95 Å². The van der Waals surface area contributed by atoms with E-state index in [1.54, 1.807) is 6.07 Å². The Hall–Kier alpha value is -1.69. The zero-order valence-corrected chi connectivity index (χ0v) is 12.0. The lowest BCUT2D eigenvalue weighted by molar-refractivity contribution is 0.247. The van der Waals surface area contributed by atoms with E-state index in [0.29, 0.717) is 11.6 Å². The molecule has 2 fully saturated rings. The number of amidine groups is 1. The molecule has 3 N–H and O–H groups in total. The number of nitrogens with zero attached hydrogens (tertiary/aromatic N) is 4. The van der Waals surface area contributed by atoms with E-state index in [-0.39, 0.29) is 5.84 Å². The first-order chi connectivity index (χ1) is 9.61. The Morgan fingerprint density at radius 1 is 1.30 bits per heavy atom. The molecule has 1 aromatic rings. The van der Waals surface area contributed by atoms with Gasteiger partial charge in [0.05, 0.1) is 0 Å². The molecule has 1 aliphatic heterocycles. The summed E-state index contributed by atoms with van der Waals surface area (Å²) >= 11 is 0. The fraction of sp³-hybridized carbons (Fsp3) is 0.643. The number of anilines is 1. The summed E-state index contributed by atoms with van der Waals surface area (Å²) in [6.45, 7) is 7.22. The number of piperazine rings is 1. The maximum absolute atomic E-state index is 7.52. The van der Waals surface area contributed by atoms with Crippen LogP contribution in [0.3, 0.4) is 0 Å². The molecule has 0 radical (unpaired) electrons. The summed E-state index contributed by atoms with van der Waals surface area (Å²) in [7, 11) is 0. The second-order valence-corrected chi connectivity index (χ2v) is 5.84. The molecular weight excluding hydrogens is 252 g/mol. The lowest BCUT2D eigenvalue weighted by Crippen LogP contribution is -2.47. The van der Waals surface area contributed by atoms with Gasteiger partial charge in [-0.15, -0.1) is 0 Å². The van der Waals surface area contributed by atoms with Gasteiger partial charge in [-0.25, -0.2) is 9.97 Å². The Balaban J connectivity index is 1.66. The number of nitrogens with one attached hydrogen (secondary N) is 1. The monoisotopic (exact) mass is 274 g/mol. The fourth-order valence-electron chi connectivity index (χ4n) is 2.63. The van der Waals surface area contributed by atoms with Gasteiger partial charge in [-0.3, -0.25) is 10.3 Å². The third-order valence-corrected chi connectivity index (χ3v) is 3.99. The topological polar surface area (TPSA) is 82.1 Å². The van der Waals surface area contributed by atoms with Crippen molar-refractivity contribution < 1.29 is 0 Å². The highest BCUT2D eigenvalue weighted by Crippen LogP contribution is 2.30. The first kappa shape index (κ1) is 13.3. The van der Waals surface area contributed by atoms with E-state index in [0.717, 1.165) is 37.8 Å². The molecule has 2 heterocycles. The van der Waals surface area contributed by atoms with E-state index in [4.69, 9.17) is 11.1 Å². The summed E-state index contributed by atoms with van der Waals surface area (Å²) in [6.07, 6.45) is 2.81. The third-order valence-electron chi connectivity index (χ3n) is 3.99. The van der Waals surface area contributed by atoms with Crippen molar-refractivity contribution in [3.63, 3.8) is 0 Å². The minimum absolute atomic E-state index is 0.00381. The van der Waals surface area contributed by atoms with Crippen LogP contribution in [0.5, 0.6) is 0 Å². The summed E-state index contributed by atoms with van der Waals surface area (Å²) in [5.41, 5.74) is 6.91. The van der Waals surface area contributed by atoms with Crippen molar-refractivity contribution in [1.82, 2.24) is 14.9 Å². The van der Waals surface area contributed by atoms with Gasteiger partial charge < -0.3 is 10.6 Å². The molecule has 0 atom stereocenters. The largest absolute Gasteiger partial charge is 0.382 e. The van der Waals surface area contributed by atoms with Gasteiger partial charge in [-0.2, -0.15) is 0 Å². The van der Waals surface area contributed by atoms with Crippen molar-refractivity contribution in [2.75, 3.05) is 37.6 Å². The molecule has 3 rings (SSSR count). The van der Waals surface area contributed by atoms with Crippen LogP contribution < -0.4 is 10.6 Å². The molecule has 1 saturated heterocycles. The maximum Gasteiger partial charge on any atom is 0.226 e. The highest BCUT2D eigenvalue weighted by Gasteiger charge is 2.27. The van der Waals surface area contributed by atoms with Gasteiger partial charge in [0.1, 0.15) is 11.5 Å². The summed E-state index contributed by atoms with van der Waals surface area (Å²) in [4.78, 5) is 13.6. The Morgan fingerprint density at radius 3 is 2.60 bits per heavy atom. The van der Waals surface area contributed by atoms with Gasteiger partial charge in [-0.1, -0.05) is 0 Å². The summed E-state index contributed by atoms with van der Waals surface area (Å²) in [5, 5.41) is 7.52. The first-order valence-electron chi connectivity index (χ1n) is 7.29. The SMILES string of the molecule is Cc1cc(C(=N)N)nc(N2CCN(CC3CC3)CC2)n1. The van der Waals surface area contributed by atoms with Crippen molar-refractivity contribution >= 4 is 11.8 Å². The lowest BCUT2D eigenvalue weighted by atomic mass is 10.3. The predicted molar refractivity (Wildman–Crippen MR) is 79.2 cm³/mol. The quantitative estimate of drug-likeness (QED) is 0.620. The Labute approximate surface area is 119 Å². The molecular formula is C14H22N6. The van der Waals surface area contributed by atoms with Crippen molar-refractivity contribution in [2.45, 2.75) is 19.8 Å². The second kappa shape index (κ2) is 5.36. The van der Waals surface area contributed by atoms with Crippen LogP contribution in [0.1, 0.15) is 24.2 Å². The van der Waals surface area contributed by atoms with Crippen molar-refractivity contribution in [3.05, 3.63) is 17.5 Å². The maximum atomic E-state index is 7.52. The molecule has 0 unspecified atom stereocenters. The van der Waals surface area contributed by atoms with Crippen LogP contribution in [0.15, 0.2) is 6.07 Å². The normalized spacial score (nSPS) is 20.1. The smallest absolute Gasteiger partial charge is 0.226 e. The summed E-state index contributed by atoms with van der Waals surface area (Å²) < 4.78 is 0. The van der Waals surface area contributed by atoms with Gasteiger partial charge >= 0.3 is 0 Å². The number of nitrogens with two attached hydrogens (primary N) is 1. The van der Waals surface area contributed by atoms with Gasteiger partial charge in [0, 0.05) is 38.4 Å². The molecule has 6 nitrogen and oxygen atoms in total. The number of hydrogen-bond acceptors (Lipinski definition) is 5. The average Bonchev–Trinajstić information content (AvgIpc) is 3.23. The van der Waals surface area contributed by atoms with Crippen LogP contribution in [-0.4, -0.2) is 53.4 Å². The molecule has 0 bridgehead atoms. The number of nitrogen functional groups attached to an aromatic ring is 1. The van der Waals surface area contributed by atoms with Gasteiger partial charge in [0.15, 0.2) is 0 Å². The van der Waals surface area contributed by atoms with Crippen molar-refractivity contribution in [1.29, 1.82) is 5.41 Å². The van der Waals surface area contributed by atoms with E-state index in [1.807, 2.05) is 6.92 Å². The van der Waals surface area contributed by atoms with Crippen LogP contribution in [0, 0.1) is 18.3 Å². The van der Waals surface area contributed by atoms with Gasteiger partial charge in [0.2, 0.25) is 5.95 Å². The third kappa shape index (κ3) is 3.07. The molecule has 6 heteroatoms. The number of aromatic nitrogens is 2. The number of hydrogen-bond donors (Lipinski definition) is 2. The van der Waals surface area contributed by atoms with Crippen LogP contribution in [0.25, 0.3) is 0 Å². The molecule has 20 heavy (non-hydrogen) atoms. The summed E-state index contributed by atoms with van der Waals surface area (Å²) in [6, 6.07) is 1.76. The molecule has 1 saturated carbocycles. The number of aryl methyl sites for hydroxylation is 1. The zero-order valence-electron chi connectivity index (χ0n) is 12.0. The van der Waals surface area contributed by atoms with Gasteiger partial charge in [0.25, 0.3) is 0 Å². The van der Waals surface area contributed by atoms with E-state index in [2.05, 4.69) is 19.8 Å². The molecule has 108 valence electrons. The molecule has 1 aliphatic carbocycles. The molecule has 0 spiro atoms. The molecule has 0 aromatic carbocycles. The van der Waals surface area contributed by atoms with Crippen LogP contribution in [-0.2, 0) is 0 Å². The minimum atomic E-state index is 0.00381. The van der Waals surface area contributed by atoms with E-state index in [1.165, 1.54) is 19.4 Å². The van der Waals surface area contributed by atoms with Gasteiger partial charge in [-0.05, 0) is 31.7 Å². The minimum Gasteiger partial charge on any atom is -0.382 e. The fourth-order valence-corrected chi connectivity index (χ4v) is 2.63. The van der Waals surface area contributed by atoms with E-state index < -0.39 is 0 Å². The zero-order chi connectivity index (χ0) is 14.1. The number of rotatable bonds is 4. The predicted octanol–water partition coefficient (Wildman–Crippen LogP) is 0.601. The molecule has 1 aromatic heterocycles. The van der Waals surface area contributed by atoms with Crippen LogP contribution >= 0.6 is 0 Å². The first-order valence-corrected chi connectivity index (χ1v) is 7.29. The average molecular weight is 274 g/mol. The van der Waals surface area contributed by atoms with E-state index >= 15 is 0 Å². The van der Waals surface area contributed by atoms with E-state index in [9.17, 15) is 0 Å². The Morgan fingerprint density at radius 2 is 2.00 bits per heavy atom. The molecule has 0 amide bonds. The van der Waals surface area contributed by atoms with Crippen LogP contribution in [0.2, 0.25) is 0 Å². The lowest BCUT2D eigenvalue weighted by Gasteiger charge is -2.34. The van der Waals surface area contributed by atoms with Crippen molar-refractivity contribution in [2.24, 2.45) is 11.7 Å². The second-order valence-electron chi connectivity index (χ2n) is 5.84. The Bertz CT molecular complexity index is 502. The summed E-state index contributed by atoms with van der Waals surface area (Å²) in [5.74, 6) is 1.66.